The van der Waals surface area contributed by atoms with Crippen LogP contribution in [0.4, 0.5) is 0 Å². The summed E-state index contributed by atoms with van der Waals surface area (Å²) in [6.45, 7) is 3.59. The van der Waals surface area contributed by atoms with Crippen LogP contribution in [0.1, 0.15) is 44.3 Å². The van der Waals surface area contributed by atoms with E-state index in [-0.39, 0.29) is 0 Å². The Morgan fingerprint density at radius 2 is 1.83 bits per heavy atom. The van der Waals surface area contributed by atoms with Gasteiger partial charge in [0.05, 0.1) is 12.7 Å². The normalized spacial score (nSPS) is 12.4. The van der Waals surface area contributed by atoms with Crippen molar-refractivity contribution in [2.24, 2.45) is 0 Å². The molecule has 1 unspecified atom stereocenters. The second kappa shape index (κ2) is 8.95. The van der Waals surface area contributed by atoms with Gasteiger partial charge in [-0.05, 0) is 37.0 Å². The number of unbranched alkanes of at least 4 members (excludes halogenated alkanes) is 1. The molecule has 1 N–H and O–H groups in total. The lowest BCUT2D eigenvalue weighted by atomic mass is 10.1. The van der Waals surface area contributed by atoms with Gasteiger partial charge >= 0.3 is 0 Å². The SMILES string of the molecule is CCCCOc1ccc(C(O)CCCOC)cc1. The summed E-state index contributed by atoms with van der Waals surface area (Å²) in [5.41, 5.74) is 0.939. The maximum Gasteiger partial charge on any atom is 0.119 e. The quantitative estimate of drug-likeness (QED) is 0.685. The average Bonchev–Trinajstić information content (AvgIpc) is 2.40. The number of ether oxygens (including phenoxy) is 2. The van der Waals surface area contributed by atoms with E-state index >= 15 is 0 Å². The fourth-order valence-corrected chi connectivity index (χ4v) is 1.71. The molecule has 0 aromatic heterocycles. The van der Waals surface area contributed by atoms with E-state index in [0.717, 1.165) is 43.6 Å². The summed E-state index contributed by atoms with van der Waals surface area (Å²) < 4.78 is 10.5. The third kappa shape index (κ3) is 5.52. The van der Waals surface area contributed by atoms with Crippen LogP contribution in [0.25, 0.3) is 0 Å². The summed E-state index contributed by atoms with van der Waals surface area (Å²) in [5.74, 6) is 0.872. The molecule has 0 spiro atoms. The molecule has 0 aliphatic heterocycles. The van der Waals surface area contributed by atoms with Crippen molar-refractivity contribution in [2.75, 3.05) is 20.3 Å². The van der Waals surface area contributed by atoms with Gasteiger partial charge in [-0.2, -0.15) is 0 Å². The second-order valence-corrected chi connectivity index (χ2v) is 4.42. The van der Waals surface area contributed by atoms with E-state index in [4.69, 9.17) is 9.47 Å². The van der Waals surface area contributed by atoms with Crippen molar-refractivity contribution in [1.29, 1.82) is 0 Å². The number of hydrogen-bond donors (Lipinski definition) is 1. The summed E-state index contributed by atoms with van der Waals surface area (Å²) in [4.78, 5) is 0. The highest BCUT2D eigenvalue weighted by Crippen LogP contribution is 2.21. The van der Waals surface area contributed by atoms with Gasteiger partial charge in [-0.3, -0.25) is 0 Å². The minimum atomic E-state index is -0.412. The van der Waals surface area contributed by atoms with Crippen molar-refractivity contribution in [3.8, 4) is 5.75 Å². The molecule has 0 saturated carbocycles. The number of rotatable bonds is 9. The molecule has 0 amide bonds. The van der Waals surface area contributed by atoms with Gasteiger partial charge in [0, 0.05) is 13.7 Å². The lowest BCUT2D eigenvalue weighted by Crippen LogP contribution is -2.00. The fraction of sp³-hybridized carbons (Fsp3) is 0.600. The van der Waals surface area contributed by atoms with Crippen LogP contribution in [-0.2, 0) is 4.74 Å². The third-order valence-electron chi connectivity index (χ3n) is 2.86. The summed E-state index contributed by atoms with van der Waals surface area (Å²) in [6.07, 6.45) is 3.39. The van der Waals surface area contributed by atoms with Crippen LogP contribution in [0.3, 0.4) is 0 Å². The van der Waals surface area contributed by atoms with E-state index in [0.29, 0.717) is 6.61 Å². The Balaban J connectivity index is 2.38. The van der Waals surface area contributed by atoms with Crippen molar-refractivity contribution >= 4 is 0 Å². The van der Waals surface area contributed by atoms with Gasteiger partial charge < -0.3 is 14.6 Å². The number of aliphatic hydroxyl groups is 1. The van der Waals surface area contributed by atoms with Crippen LogP contribution in [-0.4, -0.2) is 25.4 Å². The molecule has 0 bridgehead atoms. The number of aliphatic hydroxyl groups excluding tert-OH is 1. The van der Waals surface area contributed by atoms with Crippen LogP contribution in [0, 0.1) is 0 Å². The van der Waals surface area contributed by atoms with E-state index in [2.05, 4.69) is 6.92 Å². The maximum absolute atomic E-state index is 9.96. The van der Waals surface area contributed by atoms with Crippen molar-refractivity contribution in [3.05, 3.63) is 29.8 Å². The zero-order valence-electron chi connectivity index (χ0n) is 11.4. The predicted molar refractivity (Wildman–Crippen MR) is 72.9 cm³/mol. The molecule has 0 aliphatic carbocycles. The largest absolute Gasteiger partial charge is 0.494 e. The third-order valence-corrected chi connectivity index (χ3v) is 2.86. The monoisotopic (exact) mass is 252 g/mol. The first kappa shape index (κ1) is 15.0. The van der Waals surface area contributed by atoms with E-state index in [9.17, 15) is 5.11 Å². The molecular weight excluding hydrogens is 228 g/mol. The van der Waals surface area contributed by atoms with Crippen LogP contribution < -0.4 is 4.74 Å². The predicted octanol–water partition coefficient (Wildman–Crippen LogP) is 3.33. The van der Waals surface area contributed by atoms with Crippen LogP contribution in [0.5, 0.6) is 5.75 Å². The molecule has 1 aromatic carbocycles. The minimum Gasteiger partial charge on any atom is -0.494 e. The summed E-state index contributed by atoms with van der Waals surface area (Å²) in [5, 5.41) is 9.96. The van der Waals surface area contributed by atoms with Gasteiger partial charge in [-0.15, -0.1) is 0 Å². The zero-order chi connectivity index (χ0) is 13.2. The standard InChI is InChI=1S/C15H24O3/c1-3-4-12-18-14-9-7-13(8-10-14)15(16)6-5-11-17-2/h7-10,15-16H,3-6,11-12H2,1-2H3. The van der Waals surface area contributed by atoms with Crippen LogP contribution in [0.2, 0.25) is 0 Å². The zero-order valence-corrected chi connectivity index (χ0v) is 11.4. The Morgan fingerprint density at radius 3 is 2.44 bits per heavy atom. The molecule has 1 rings (SSSR count). The van der Waals surface area contributed by atoms with Crippen LogP contribution in [0.15, 0.2) is 24.3 Å². The Morgan fingerprint density at radius 1 is 1.11 bits per heavy atom. The minimum absolute atomic E-state index is 0.412. The smallest absolute Gasteiger partial charge is 0.119 e. The molecule has 18 heavy (non-hydrogen) atoms. The molecular formula is C15H24O3. The van der Waals surface area contributed by atoms with Gasteiger partial charge in [0.25, 0.3) is 0 Å². The van der Waals surface area contributed by atoms with Gasteiger partial charge in [0.1, 0.15) is 5.75 Å². The molecule has 102 valence electrons. The topological polar surface area (TPSA) is 38.7 Å². The van der Waals surface area contributed by atoms with E-state index in [1.807, 2.05) is 24.3 Å². The van der Waals surface area contributed by atoms with Gasteiger partial charge in [0.15, 0.2) is 0 Å². The molecule has 1 atom stereocenters. The first-order valence-corrected chi connectivity index (χ1v) is 6.67. The Hall–Kier alpha value is -1.06. The van der Waals surface area contributed by atoms with E-state index in [1.54, 1.807) is 7.11 Å². The highest BCUT2D eigenvalue weighted by atomic mass is 16.5. The molecule has 1 aromatic rings. The first-order chi connectivity index (χ1) is 8.77. The van der Waals surface area contributed by atoms with Crippen molar-refractivity contribution in [2.45, 2.75) is 38.7 Å². The summed E-state index contributed by atoms with van der Waals surface area (Å²) in [6, 6.07) is 7.70. The van der Waals surface area contributed by atoms with Crippen molar-refractivity contribution in [1.82, 2.24) is 0 Å². The van der Waals surface area contributed by atoms with E-state index in [1.165, 1.54) is 0 Å². The Labute approximate surface area is 110 Å². The van der Waals surface area contributed by atoms with Crippen LogP contribution >= 0.6 is 0 Å². The summed E-state index contributed by atoms with van der Waals surface area (Å²) >= 11 is 0. The number of benzene rings is 1. The second-order valence-electron chi connectivity index (χ2n) is 4.42. The van der Waals surface area contributed by atoms with Gasteiger partial charge in [0.2, 0.25) is 0 Å². The Kier molecular flexibility index (Phi) is 7.46. The molecule has 0 radical (unpaired) electrons. The Bertz CT molecular complexity index is 308. The van der Waals surface area contributed by atoms with Gasteiger partial charge in [-0.1, -0.05) is 25.5 Å². The average molecular weight is 252 g/mol. The molecule has 3 nitrogen and oxygen atoms in total. The fourth-order valence-electron chi connectivity index (χ4n) is 1.71. The first-order valence-electron chi connectivity index (χ1n) is 6.67. The van der Waals surface area contributed by atoms with Gasteiger partial charge in [-0.25, -0.2) is 0 Å². The molecule has 0 fully saturated rings. The number of hydrogen-bond acceptors (Lipinski definition) is 3. The molecule has 0 saturated heterocycles. The molecule has 3 heteroatoms. The molecule has 0 aliphatic rings. The molecule has 0 heterocycles. The highest BCUT2D eigenvalue weighted by molar-refractivity contribution is 5.28. The van der Waals surface area contributed by atoms with E-state index < -0.39 is 6.10 Å². The lowest BCUT2D eigenvalue weighted by molar-refractivity contribution is 0.136. The highest BCUT2D eigenvalue weighted by Gasteiger charge is 2.07. The van der Waals surface area contributed by atoms with Crippen molar-refractivity contribution in [3.63, 3.8) is 0 Å². The van der Waals surface area contributed by atoms with Crippen molar-refractivity contribution < 1.29 is 14.6 Å². The lowest BCUT2D eigenvalue weighted by Gasteiger charge is -2.11. The summed E-state index contributed by atoms with van der Waals surface area (Å²) in [7, 11) is 1.68. The maximum atomic E-state index is 9.96. The number of methoxy groups -OCH3 is 1.